The second-order valence-electron chi connectivity index (χ2n) is 7.07. The maximum absolute atomic E-state index is 8.46. The SMILES string of the molecule is Cc1nc2cc(SC(C)(C)C)cnc2c(=N)n1CCCN(C)C. The molecule has 0 saturated carbocycles. The van der Waals surface area contributed by atoms with Crippen LogP contribution in [-0.2, 0) is 6.54 Å². The zero-order valence-electron chi connectivity index (χ0n) is 15.0. The van der Waals surface area contributed by atoms with Crippen molar-refractivity contribution < 1.29 is 0 Å². The Balaban J connectivity index is 2.35. The second-order valence-corrected chi connectivity index (χ2v) is 8.97. The molecule has 126 valence electrons. The van der Waals surface area contributed by atoms with Crippen molar-refractivity contribution in [2.75, 3.05) is 20.6 Å². The van der Waals surface area contributed by atoms with E-state index in [0.29, 0.717) is 11.0 Å². The van der Waals surface area contributed by atoms with Crippen molar-refractivity contribution in [3.05, 3.63) is 23.6 Å². The minimum absolute atomic E-state index is 0.134. The molecular formula is C17H27N5S. The van der Waals surface area contributed by atoms with Gasteiger partial charge in [0.1, 0.15) is 11.3 Å². The summed E-state index contributed by atoms with van der Waals surface area (Å²) in [5.41, 5.74) is 1.95. The lowest BCUT2D eigenvalue weighted by molar-refractivity contribution is 0.382. The first kappa shape index (κ1) is 17.9. The van der Waals surface area contributed by atoms with Crippen LogP contribution in [0.2, 0.25) is 0 Å². The predicted molar refractivity (Wildman–Crippen MR) is 96.9 cm³/mol. The first-order valence-electron chi connectivity index (χ1n) is 7.93. The lowest BCUT2D eigenvalue weighted by Crippen LogP contribution is -2.26. The smallest absolute Gasteiger partial charge is 0.154 e. The quantitative estimate of drug-likeness (QED) is 0.855. The number of hydrogen-bond acceptors (Lipinski definition) is 5. The van der Waals surface area contributed by atoms with Gasteiger partial charge >= 0.3 is 0 Å². The van der Waals surface area contributed by atoms with Crippen molar-refractivity contribution in [2.24, 2.45) is 0 Å². The van der Waals surface area contributed by atoms with Crippen LogP contribution in [0.4, 0.5) is 0 Å². The predicted octanol–water partition coefficient (Wildman–Crippen LogP) is 3.06. The van der Waals surface area contributed by atoms with E-state index in [-0.39, 0.29) is 4.75 Å². The molecular weight excluding hydrogens is 306 g/mol. The zero-order chi connectivity index (χ0) is 17.2. The van der Waals surface area contributed by atoms with E-state index in [4.69, 9.17) is 5.41 Å². The molecule has 0 unspecified atom stereocenters. The van der Waals surface area contributed by atoms with Crippen LogP contribution in [0, 0.1) is 12.3 Å². The third kappa shape index (κ3) is 4.78. The highest BCUT2D eigenvalue weighted by molar-refractivity contribution is 8.00. The van der Waals surface area contributed by atoms with Gasteiger partial charge in [-0.25, -0.2) is 9.97 Å². The molecule has 0 aromatic carbocycles. The molecule has 0 amide bonds. The molecule has 0 spiro atoms. The summed E-state index contributed by atoms with van der Waals surface area (Å²) in [6.45, 7) is 10.3. The van der Waals surface area contributed by atoms with Gasteiger partial charge < -0.3 is 9.47 Å². The summed E-state index contributed by atoms with van der Waals surface area (Å²) in [6, 6.07) is 2.05. The van der Waals surface area contributed by atoms with Gasteiger partial charge in [0.15, 0.2) is 5.49 Å². The Morgan fingerprint density at radius 2 is 2.00 bits per heavy atom. The Labute approximate surface area is 142 Å². The van der Waals surface area contributed by atoms with Crippen LogP contribution in [0.3, 0.4) is 0 Å². The van der Waals surface area contributed by atoms with Crippen molar-refractivity contribution in [3.8, 4) is 0 Å². The van der Waals surface area contributed by atoms with Crippen molar-refractivity contribution in [1.29, 1.82) is 5.41 Å². The number of nitrogens with one attached hydrogen (secondary N) is 1. The molecule has 0 bridgehead atoms. The summed E-state index contributed by atoms with van der Waals surface area (Å²) in [6.07, 6.45) is 2.85. The van der Waals surface area contributed by atoms with E-state index in [1.165, 1.54) is 0 Å². The fraction of sp³-hybridized carbons (Fsp3) is 0.588. The van der Waals surface area contributed by atoms with Gasteiger partial charge in [0.05, 0.1) is 5.52 Å². The monoisotopic (exact) mass is 333 g/mol. The van der Waals surface area contributed by atoms with Crippen molar-refractivity contribution in [2.45, 2.75) is 50.3 Å². The Morgan fingerprint density at radius 1 is 1.30 bits per heavy atom. The van der Waals surface area contributed by atoms with Crippen molar-refractivity contribution in [3.63, 3.8) is 0 Å². The largest absolute Gasteiger partial charge is 0.313 e. The van der Waals surface area contributed by atoms with Crippen LogP contribution in [0.25, 0.3) is 11.0 Å². The van der Waals surface area contributed by atoms with Crippen LogP contribution in [-0.4, -0.2) is 44.8 Å². The maximum atomic E-state index is 8.46. The minimum Gasteiger partial charge on any atom is -0.313 e. The van der Waals surface area contributed by atoms with Crippen LogP contribution < -0.4 is 5.49 Å². The highest BCUT2D eigenvalue weighted by Gasteiger charge is 2.14. The summed E-state index contributed by atoms with van der Waals surface area (Å²) in [7, 11) is 4.13. The number of nitrogens with zero attached hydrogens (tertiary/aromatic N) is 4. The average molecular weight is 334 g/mol. The number of aromatic nitrogens is 3. The molecule has 0 aliphatic rings. The van der Waals surface area contributed by atoms with E-state index in [1.54, 1.807) is 11.8 Å². The molecule has 0 aliphatic carbocycles. The molecule has 2 rings (SSSR count). The van der Waals surface area contributed by atoms with Crippen molar-refractivity contribution >= 4 is 22.8 Å². The zero-order valence-corrected chi connectivity index (χ0v) is 15.8. The third-order valence-corrected chi connectivity index (χ3v) is 4.49. The third-order valence-electron chi connectivity index (χ3n) is 3.42. The van der Waals surface area contributed by atoms with Gasteiger partial charge in [0, 0.05) is 22.4 Å². The number of rotatable bonds is 5. The summed E-state index contributed by atoms with van der Waals surface area (Å²) < 4.78 is 2.09. The lowest BCUT2D eigenvalue weighted by Gasteiger charge is -2.18. The van der Waals surface area contributed by atoms with Gasteiger partial charge in [-0.1, -0.05) is 20.8 Å². The van der Waals surface area contributed by atoms with E-state index in [9.17, 15) is 0 Å². The Morgan fingerprint density at radius 3 is 2.61 bits per heavy atom. The molecule has 5 nitrogen and oxygen atoms in total. The fourth-order valence-corrected chi connectivity index (χ4v) is 3.44. The highest BCUT2D eigenvalue weighted by atomic mass is 32.2. The van der Waals surface area contributed by atoms with Gasteiger partial charge in [0.25, 0.3) is 0 Å². The van der Waals surface area contributed by atoms with E-state index >= 15 is 0 Å². The molecule has 0 atom stereocenters. The number of pyridine rings is 1. The first-order valence-corrected chi connectivity index (χ1v) is 8.74. The average Bonchev–Trinajstić information content (AvgIpc) is 2.40. The summed E-state index contributed by atoms with van der Waals surface area (Å²) in [5, 5.41) is 8.46. The molecule has 0 saturated heterocycles. The standard InChI is InChI=1S/C17H27N5S/c1-12-20-14-10-13(23-17(2,3)4)11-19-15(14)16(18)22(12)9-7-8-21(5)6/h10-11,18H,7-9H2,1-6H3. The summed E-state index contributed by atoms with van der Waals surface area (Å²) in [5.74, 6) is 0.876. The molecule has 23 heavy (non-hydrogen) atoms. The fourth-order valence-electron chi connectivity index (χ4n) is 2.45. The molecule has 2 aromatic heterocycles. The minimum atomic E-state index is 0.134. The van der Waals surface area contributed by atoms with Crippen LogP contribution >= 0.6 is 11.8 Å². The Kier molecular flexibility index (Phi) is 5.47. The summed E-state index contributed by atoms with van der Waals surface area (Å²) in [4.78, 5) is 12.4. The van der Waals surface area contributed by atoms with Gasteiger partial charge in [0.2, 0.25) is 0 Å². The highest BCUT2D eigenvalue weighted by Crippen LogP contribution is 2.32. The van der Waals surface area contributed by atoms with Gasteiger partial charge in [-0.2, -0.15) is 0 Å². The molecule has 2 aromatic rings. The maximum Gasteiger partial charge on any atom is 0.154 e. The number of aryl methyl sites for hydroxylation is 1. The van der Waals surface area contributed by atoms with E-state index < -0.39 is 0 Å². The van der Waals surface area contributed by atoms with Gasteiger partial charge in [-0.15, -0.1) is 11.8 Å². The normalized spacial score (nSPS) is 12.3. The van der Waals surface area contributed by atoms with Crippen LogP contribution in [0.15, 0.2) is 17.2 Å². The Hall–Kier alpha value is -1.40. The molecule has 6 heteroatoms. The molecule has 1 N–H and O–H groups in total. The van der Waals surface area contributed by atoms with E-state index in [2.05, 4.69) is 49.7 Å². The molecule has 0 radical (unpaired) electrons. The summed E-state index contributed by atoms with van der Waals surface area (Å²) >= 11 is 1.77. The lowest BCUT2D eigenvalue weighted by atomic mass is 10.3. The van der Waals surface area contributed by atoms with Crippen molar-refractivity contribution in [1.82, 2.24) is 19.4 Å². The number of hydrogen-bond donors (Lipinski definition) is 1. The first-order chi connectivity index (χ1) is 10.7. The van der Waals surface area contributed by atoms with Crippen LogP contribution in [0.1, 0.15) is 33.0 Å². The second kappa shape index (κ2) is 7.01. The number of fused-ring (bicyclic) bond motifs is 1. The molecule has 0 aliphatic heterocycles. The molecule has 2 heterocycles. The van der Waals surface area contributed by atoms with E-state index in [0.717, 1.165) is 35.7 Å². The van der Waals surface area contributed by atoms with E-state index in [1.807, 2.05) is 23.8 Å². The van der Waals surface area contributed by atoms with Gasteiger partial charge in [-0.3, -0.25) is 5.41 Å². The molecule has 0 fully saturated rings. The Bertz CT molecular complexity index is 743. The van der Waals surface area contributed by atoms with Gasteiger partial charge in [-0.05, 0) is 40.1 Å². The number of thioether (sulfide) groups is 1. The topological polar surface area (TPSA) is 57.8 Å². The van der Waals surface area contributed by atoms with Crippen LogP contribution in [0.5, 0.6) is 0 Å².